The molecule has 0 aromatic heterocycles. The van der Waals surface area contributed by atoms with E-state index in [0.29, 0.717) is 6.61 Å². The molecule has 0 N–H and O–H groups in total. The molecule has 1 aliphatic rings. The van der Waals surface area contributed by atoms with Crippen molar-refractivity contribution in [2.45, 2.75) is 70.9 Å². The van der Waals surface area contributed by atoms with E-state index >= 15 is 0 Å². The number of hydrogen-bond acceptors (Lipinski definition) is 2. The summed E-state index contributed by atoms with van der Waals surface area (Å²) < 4.78 is 11.5. The van der Waals surface area contributed by atoms with Crippen molar-refractivity contribution >= 4 is 14.0 Å². The van der Waals surface area contributed by atoms with E-state index in [4.69, 9.17) is 9.47 Å². The predicted octanol–water partition coefficient (Wildman–Crippen LogP) is 4.25. The van der Waals surface area contributed by atoms with Crippen LogP contribution in [0, 0.1) is 0 Å². The number of benzene rings is 1. The second-order valence-electron chi connectivity index (χ2n) is 6.57. The molecule has 118 valence electrons. The smallest absolute Gasteiger partial charge is 0.158 e. The van der Waals surface area contributed by atoms with E-state index in [1.54, 1.807) is 5.19 Å². The summed E-state index contributed by atoms with van der Waals surface area (Å²) in [5, 5.41) is 1.54. The molecule has 1 heterocycles. The molecule has 0 saturated carbocycles. The fourth-order valence-electron chi connectivity index (χ4n) is 3.16. The maximum absolute atomic E-state index is 5.85. The normalized spacial score (nSPS) is 19.2. The van der Waals surface area contributed by atoms with Gasteiger partial charge in [-0.1, -0.05) is 52.0 Å². The van der Waals surface area contributed by atoms with Gasteiger partial charge < -0.3 is 9.47 Å². The molecule has 1 unspecified atom stereocenters. The van der Waals surface area contributed by atoms with E-state index in [1.165, 1.54) is 18.4 Å². The zero-order chi connectivity index (χ0) is 15.2. The first kappa shape index (κ1) is 16.7. The molecule has 0 spiro atoms. The minimum absolute atomic E-state index is 0.00405. The highest BCUT2D eigenvalue weighted by Crippen LogP contribution is 2.20. The van der Waals surface area contributed by atoms with Gasteiger partial charge in [0.1, 0.15) is 0 Å². The van der Waals surface area contributed by atoms with Crippen molar-refractivity contribution in [3.63, 3.8) is 0 Å². The second kappa shape index (κ2) is 8.11. The lowest BCUT2D eigenvalue weighted by Gasteiger charge is -2.40. The van der Waals surface area contributed by atoms with Crippen LogP contribution >= 0.6 is 0 Å². The maximum Gasteiger partial charge on any atom is 0.158 e. The first-order valence-electron chi connectivity index (χ1n) is 8.27. The number of hydrogen-bond donors (Lipinski definition) is 0. The molecule has 3 heteroatoms. The quantitative estimate of drug-likeness (QED) is 0.731. The average Bonchev–Trinajstić information content (AvgIpc) is 2.47. The van der Waals surface area contributed by atoms with Gasteiger partial charge in [0.15, 0.2) is 6.29 Å². The Balaban J connectivity index is 1.91. The zero-order valence-corrected chi connectivity index (χ0v) is 14.9. The highest BCUT2D eigenvalue weighted by Gasteiger charge is 2.13. The van der Waals surface area contributed by atoms with Crippen LogP contribution < -0.4 is 5.19 Å². The summed E-state index contributed by atoms with van der Waals surface area (Å²) in [7, 11) is -0.473. The molecule has 1 aliphatic heterocycles. The van der Waals surface area contributed by atoms with Gasteiger partial charge in [-0.2, -0.15) is 16.3 Å². The van der Waals surface area contributed by atoms with E-state index in [2.05, 4.69) is 52.0 Å². The largest absolute Gasteiger partial charge is 0.353 e. The van der Waals surface area contributed by atoms with Gasteiger partial charge >= 0.3 is 0 Å². The van der Waals surface area contributed by atoms with E-state index in [1.807, 2.05) is 0 Å². The summed E-state index contributed by atoms with van der Waals surface area (Å²) >= 11 is 0. The standard InChI is InChI=1S/C18H29O2Si/c1-14(2)21(15(3)4)17-10-8-16(9-11-17)13-20-18-7-5-6-12-19-18/h8-11,14-15,18H,5-7,12-13H2,1-4H3/q-1. The molecule has 2 rings (SSSR count). The Kier molecular flexibility index (Phi) is 6.46. The van der Waals surface area contributed by atoms with Crippen molar-refractivity contribution in [1.29, 1.82) is 0 Å². The van der Waals surface area contributed by atoms with Crippen molar-refractivity contribution < 1.29 is 9.47 Å². The van der Waals surface area contributed by atoms with Gasteiger partial charge in [0.2, 0.25) is 0 Å². The molecule has 1 saturated heterocycles. The third-order valence-corrected chi connectivity index (χ3v) is 7.59. The van der Waals surface area contributed by atoms with Crippen molar-refractivity contribution in [2.24, 2.45) is 0 Å². The van der Waals surface area contributed by atoms with Crippen molar-refractivity contribution in [3.8, 4) is 0 Å². The van der Waals surface area contributed by atoms with Crippen LogP contribution in [0.25, 0.3) is 0 Å². The topological polar surface area (TPSA) is 18.5 Å². The maximum atomic E-state index is 5.85. The first-order chi connectivity index (χ1) is 10.1. The van der Waals surface area contributed by atoms with Gasteiger partial charge in [-0.25, -0.2) is 0 Å². The minimum Gasteiger partial charge on any atom is -0.353 e. The van der Waals surface area contributed by atoms with Gasteiger partial charge in [0.25, 0.3) is 0 Å². The van der Waals surface area contributed by atoms with Crippen LogP contribution in [0.15, 0.2) is 24.3 Å². The third-order valence-electron chi connectivity index (χ3n) is 4.11. The van der Waals surface area contributed by atoms with E-state index < -0.39 is 8.80 Å². The van der Waals surface area contributed by atoms with Crippen LogP contribution in [0.3, 0.4) is 0 Å². The Bertz CT molecular complexity index is 400. The fraction of sp³-hybridized carbons (Fsp3) is 0.667. The summed E-state index contributed by atoms with van der Waals surface area (Å²) in [5.41, 5.74) is 2.79. The van der Waals surface area contributed by atoms with Crippen molar-refractivity contribution in [1.82, 2.24) is 0 Å². The van der Waals surface area contributed by atoms with Gasteiger partial charge in [0.05, 0.1) is 6.61 Å². The summed E-state index contributed by atoms with van der Waals surface area (Å²) in [6.07, 6.45) is 3.43. The highest BCUT2D eigenvalue weighted by atomic mass is 28.3. The van der Waals surface area contributed by atoms with E-state index in [-0.39, 0.29) is 6.29 Å². The van der Waals surface area contributed by atoms with Crippen LogP contribution in [0.5, 0.6) is 0 Å². The molecule has 0 radical (unpaired) electrons. The summed E-state index contributed by atoms with van der Waals surface area (Å²) in [6.45, 7) is 10.9. The van der Waals surface area contributed by atoms with E-state index in [9.17, 15) is 0 Å². The molecule has 21 heavy (non-hydrogen) atoms. The average molecular weight is 306 g/mol. The highest BCUT2D eigenvalue weighted by molar-refractivity contribution is 6.75. The van der Waals surface area contributed by atoms with Crippen molar-refractivity contribution in [3.05, 3.63) is 29.8 Å². The molecule has 0 bridgehead atoms. The van der Waals surface area contributed by atoms with E-state index in [0.717, 1.165) is 24.1 Å². The lowest BCUT2D eigenvalue weighted by atomic mass is 10.2. The Morgan fingerprint density at radius 2 is 1.76 bits per heavy atom. The molecule has 0 aliphatic carbocycles. The zero-order valence-electron chi connectivity index (χ0n) is 13.9. The molecule has 1 aromatic carbocycles. The summed E-state index contributed by atoms with van der Waals surface area (Å²) in [5.74, 6) is 0. The minimum atomic E-state index is -0.473. The van der Waals surface area contributed by atoms with Gasteiger partial charge in [-0.3, -0.25) is 8.80 Å². The fourth-order valence-corrected chi connectivity index (χ4v) is 6.38. The lowest BCUT2D eigenvalue weighted by Crippen LogP contribution is -2.35. The Hall–Kier alpha value is -0.643. The van der Waals surface area contributed by atoms with Crippen LogP contribution in [-0.2, 0) is 16.1 Å². The number of rotatable bonds is 6. The number of ether oxygens (including phenoxy) is 2. The van der Waals surface area contributed by atoms with Crippen LogP contribution in [0.1, 0.15) is 52.5 Å². The second-order valence-corrected chi connectivity index (χ2v) is 10.4. The SMILES string of the molecule is CC(C)[Si-](c1ccc(COC2CCCCO2)cc1)C(C)C. The van der Waals surface area contributed by atoms with Crippen LogP contribution in [0.4, 0.5) is 0 Å². The molecule has 1 fully saturated rings. The molecule has 0 amide bonds. The molecular formula is C18H29O2Si-. The van der Waals surface area contributed by atoms with Crippen molar-refractivity contribution in [2.75, 3.05) is 6.61 Å². The van der Waals surface area contributed by atoms with Gasteiger partial charge in [0, 0.05) is 6.61 Å². The molecule has 1 atom stereocenters. The predicted molar refractivity (Wildman–Crippen MR) is 90.4 cm³/mol. The molecule has 1 aromatic rings. The lowest BCUT2D eigenvalue weighted by molar-refractivity contribution is -0.168. The van der Waals surface area contributed by atoms with Gasteiger partial charge in [-0.05, 0) is 24.8 Å². The summed E-state index contributed by atoms with van der Waals surface area (Å²) in [4.78, 5) is 0. The molecule has 2 nitrogen and oxygen atoms in total. The van der Waals surface area contributed by atoms with Gasteiger partial charge in [-0.15, -0.1) is 0 Å². The Morgan fingerprint density at radius 3 is 2.29 bits per heavy atom. The Labute approximate surface area is 131 Å². The molecular weight excluding hydrogens is 276 g/mol. The summed E-state index contributed by atoms with van der Waals surface area (Å²) in [6, 6.07) is 9.09. The van der Waals surface area contributed by atoms with Crippen LogP contribution in [0.2, 0.25) is 11.1 Å². The first-order valence-corrected chi connectivity index (χ1v) is 9.92. The third kappa shape index (κ3) is 4.94. The Morgan fingerprint density at radius 1 is 1.10 bits per heavy atom. The van der Waals surface area contributed by atoms with Crippen LogP contribution in [-0.4, -0.2) is 21.7 Å². The monoisotopic (exact) mass is 305 g/mol.